The molecule has 2 rings (SSSR count). The van der Waals surface area contributed by atoms with Crippen molar-refractivity contribution in [3.05, 3.63) is 24.3 Å². The van der Waals surface area contributed by atoms with Crippen LogP contribution < -0.4 is 15.5 Å². The van der Waals surface area contributed by atoms with Crippen LogP contribution in [0.4, 0.5) is 11.4 Å². The van der Waals surface area contributed by atoms with Gasteiger partial charge in [0, 0.05) is 19.1 Å². The molecule has 1 aliphatic heterocycles. The molecular weight excluding hydrogens is 270 g/mol. The minimum Gasteiger partial charge on any atom is -0.378 e. The fraction of sp³-hybridized carbons (Fsp3) is 0.467. The Balaban J connectivity index is 2.09. The number of anilines is 2. The molecule has 6 nitrogen and oxygen atoms in total. The summed E-state index contributed by atoms with van der Waals surface area (Å²) in [5, 5.41) is 5.26. The predicted molar refractivity (Wildman–Crippen MR) is 81.4 cm³/mol. The lowest BCUT2D eigenvalue weighted by Gasteiger charge is -2.30. The van der Waals surface area contributed by atoms with E-state index < -0.39 is 11.8 Å². The number of rotatable bonds is 3. The number of carbonyl (C=O) groups excluding carboxylic acids is 2. The molecule has 1 aliphatic rings. The van der Waals surface area contributed by atoms with Gasteiger partial charge < -0.3 is 20.3 Å². The molecule has 0 atom stereocenters. The minimum atomic E-state index is -0.649. The Hall–Kier alpha value is -2.08. The Labute approximate surface area is 124 Å². The maximum absolute atomic E-state index is 11.9. The van der Waals surface area contributed by atoms with Gasteiger partial charge in [-0.1, -0.05) is 12.1 Å². The number of para-hydroxylation sites is 2. The summed E-state index contributed by atoms with van der Waals surface area (Å²) in [5.74, 6) is -1.27. The molecule has 0 radical (unpaired) electrons. The van der Waals surface area contributed by atoms with Crippen molar-refractivity contribution in [3.63, 3.8) is 0 Å². The molecule has 1 aromatic carbocycles. The number of amides is 2. The Bertz CT molecular complexity index is 511. The van der Waals surface area contributed by atoms with E-state index in [9.17, 15) is 9.59 Å². The molecule has 0 aliphatic carbocycles. The first-order chi connectivity index (χ1) is 10.1. The zero-order valence-electron chi connectivity index (χ0n) is 12.4. The summed E-state index contributed by atoms with van der Waals surface area (Å²) in [6.07, 6.45) is 0. The predicted octanol–water partition coefficient (Wildman–Crippen LogP) is 0.986. The minimum absolute atomic E-state index is 0.0715. The molecular formula is C15H21N3O3. The second kappa shape index (κ2) is 7.08. The number of ether oxygens (including phenoxy) is 1. The maximum Gasteiger partial charge on any atom is 0.313 e. The second-order valence-corrected chi connectivity index (χ2v) is 5.20. The van der Waals surface area contributed by atoms with E-state index >= 15 is 0 Å². The van der Waals surface area contributed by atoms with Crippen molar-refractivity contribution in [3.8, 4) is 0 Å². The number of carbonyl (C=O) groups is 2. The van der Waals surface area contributed by atoms with Crippen LogP contribution in [-0.4, -0.2) is 44.2 Å². The Morgan fingerprint density at radius 2 is 1.81 bits per heavy atom. The number of hydrogen-bond acceptors (Lipinski definition) is 4. The van der Waals surface area contributed by atoms with Gasteiger partial charge in [0.15, 0.2) is 0 Å². The lowest BCUT2D eigenvalue weighted by Crippen LogP contribution is -2.40. The van der Waals surface area contributed by atoms with E-state index in [0.717, 1.165) is 18.8 Å². The van der Waals surface area contributed by atoms with Crippen molar-refractivity contribution in [1.82, 2.24) is 5.32 Å². The van der Waals surface area contributed by atoms with Gasteiger partial charge in [0.05, 0.1) is 24.6 Å². The van der Waals surface area contributed by atoms with Crippen LogP contribution in [0.3, 0.4) is 0 Å². The number of nitrogens with zero attached hydrogens (tertiary/aromatic N) is 1. The molecule has 6 heteroatoms. The highest BCUT2D eigenvalue weighted by Crippen LogP contribution is 2.26. The summed E-state index contributed by atoms with van der Waals surface area (Å²) >= 11 is 0. The lowest BCUT2D eigenvalue weighted by molar-refractivity contribution is -0.136. The summed E-state index contributed by atoms with van der Waals surface area (Å²) < 4.78 is 5.33. The van der Waals surface area contributed by atoms with Gasteiger partial charge in [-0.3, -0.25) is 9.59 Å². The van der Waals surface area contributed by atoms with E-state index in [1.807, 2.05) is 32.0 Å². The fourth-order valence-corrected chi connectivity index (χ4v) is 2.17. The molecule has 2 N–H and O–H groups in total. The molecule has 0 aromatic heterocycles. The number of morpholine rings is 1. The largest absolute Gasteiger partial charge is 0.378 e. The van der Waals surface area contributed by atoms with E-state index in [4.69, 9.17) is 4.74 Å². The summed E-state index contributed by atoms with van der Waals surface area (Å²) in [6, 6.07) is 7.40. The van der Waals surface area contributed by atoms with Crippen molar-refractivity contribution in [1.29, 1.82) is 0 Å². The summed E-state index contributed by atoms with van der Waals surface area (Å²) in [5.41, 5.74) is 1.55. The van der Waals surface area contributed by atoms with Gasteiger partial charge in [-0.15, -0.1) is 0 Å². The van der Waals surface area contributed by atoms with E-state index in [-0.39, 0.29) is 6.04 Å². The zero-order chi connectivity index (χ0) is 15.2. The first kappa shape index (κ1) is 15.3. The van der Waals surface area contributed by atoms with Crippen LogP contribution >= 0.6 is 0 Å². The van der Waals surface area contributed by atoms with Crippen molar-refractivity contribution in [2.24, 2.45) is 0 Å². The molecule has 0 spiro atoms. The standard InChI is InChI=1S/C15H21N3O3/c1-11(2)16-14(19)15(20)17-12-5-3-4-6-13(12)18-7-9-21-10-8-18/h3-6,11H,7-10H2,1-2H3,(H,16,19)(H,17,20). The van der Waals surface area contributed by atoms with Gasteiger partial charge in [-0.2, -0.15) is 0 Å². The molecule has 1 fully saturated rings. The average Bonchev–Trinajstić information content (AvgIpc) is 2.48. The zero-order valence-corrected chi connectivity index (χ0v) is 12.4. The molecule has 1 saturated heterocycles. The van der Waals surface area contributed by atoms with Crippen molar-refractivity contribution >= 4 is 23.2 Å². The van der Waals surface area contributed by atoms with Crippen LogP contribution in [0.15, 0.2) is 24.3 Å². The van der Waals surface area contributed by atoms with Gasteiger partial charge in [-0.25, -0.2) is 0 Å². The third-order valence-electron chi connectivity index (χ3n) is 3.13. The van der Waals surface area contributed by atoms with Crippen LogP contribution in [0.25, 0.3) is 0 Å². The molecule has 2 amide bonds. The van der Waals surface area contributed by atoms with Crippen molar-refractivity contribution in [2.45, 2.75) is 19.9 Å². The number of benzene rings is 1. The maximum atomic E-state index is 11.9. The monoisotopic (exact) mass is 291 g/mol. The van der Waals surface area contributed by atoms with Crippen LogP contribution in [0.1, 0.15) is 13.8 Å². The third kappa shape index (κ3) is 4.19. The van der Waals surface area contributed by atoms with E-state index in [1.54, 1.807) is 6.07 Å². The molecule has 0 bridgehead atoms. The molecule has 0 saturated carbocycles. The first-order valence-electron chi connectivity index (χ1n) is 7.11. The quantitative estimate of drug-likeness (QED) is 0.815. The normalized spacial score (nSPS) is 14.9. The van der Waals surface area contributed by atoms with E-state index in [2.05, 4.69) is 15.5 Å². The van der Waals surface area contributed by atoms with Gasteiger partial charge >= 0.3 is 11.8 Å². The topological polar surface area (TPSA) is 70.7 Å². The van der Waals surface area contributed by atoms with Gasteiger partial charge in [0.2, 0.25) is 0 Å². The van der Waals surface area contributed by atoms with E-state index in [0.29, 0.717) is 18.9 Å². The highest BCUT2D eigenvalue weighted by molar-refractivity contribution is 6.40. The van der Waals surface area contributed by atoms with Gasteiger partial charge in [-0.05, 0) is 26.0 Å². The highest BCUT2D eigenvalue weighted by atomic mass is 16.5. The Morgan fingerprint density at radius 3 is 2.48 bits per heavy atom. The van der Waals surface area contributed by atoms with Gasteiger partial charge in [0.25, 0.3) is 0 Å². The lowest BCUT2D eigenvalue weighted by atomic mass is 10.2. The summed E-state index contributed by atoms with van der Waals surface area (Å²) in [4.78, 5) is 25.7. The van der Waals surface area contributed by atoms with Crippen LogP contribution in [0, 0.1) is 0 Å². The Kier molecular flexibility index (Phi) is 5.16. The molecule has 21 heavy (non-hydrogen) atoms. The smallest absolute Gasteiger partial charge is 0.313 e. The second-order valence-electron chi connectivity index (χ2n) is 5.20. The van der Waals surface area contributed by atoms with Gasteiger partial charge in [0.1, 0.15) is 0 Å². The fourth-order valence-electron chi connectivity index (χ4n) is 2.17. The molecule has 114 valence electrons. The van der Waals surface area contributed by atoms with Crippen LogP contribution in [0.5, 0.6) is 0 Å². The van der Waals surface area contributed by atoms with Crippen LogP contribution in [0.2, 0.25) is 0 Å². The summed E-state index contributed by atoms with van der Waals surface area (Å²) in [7, 11) is 0. The summed E-state index contributed by atoms with van der Waals surface area (Å²) in [6.45, 7) is 6.49. The molecule has 1 heterocycles. The number of hydrogen-bond donors (Lipinski definition) is 2. The van der Waals surface area contributed by atoms with Crippen LogP contribution in [-0.2, 0) is 14.3 Å². The first-order valence-corrected chi connectivity index (χ1v) is 7.11. The SMILES string of the molecule is CC(C)NC(=O)C(=O)Nc1ccccc1N1CCOCC1. The Morgan fingerprint density at radius 1 is 1.14 bits per heavy atom. The third-order valence-corrected chi connectivity index (χ3v) is 3.13. The molecule has 0 unspecified atom stereocenters. The number of nitrogens with one attached hydrogen (secondary N) is 2. The van der Waals surface area contributed by atoms with Crippen molar-refractivity contribution < 1.29 is 14.3 Å². The average molecular weight is 291 g/mol. The molecule has 1 aromatic rings. The van der Waals surface area contributed by atoms with Crippen molar-refractivity contribution in [2.75, 3.05) is 36.5 Å². The highest BCUT2D eigenvalue weighted by Gasteiger charge is 2.19. The van der Waals surface area contributed by atoms with E-state index in [1.165, 1.54) is 0 Å².